The highest BCUT2D eigenvalue weighted by atomic mass is 35.5. The average Bonchev–Trinajstić information content (AvgIpc) is 3.02. The molecule has 0 aliphatic rings. The highest BCUT2D eigenvalue weighted by Crippen LogP contribution is 2.28. The fourth-order valence-corrected chi connectivity index (χ4v) is 2.56. The molecule has 0 saturated heterocycles. The molecule has 25 heavy (non-hydrogen) atoms. The zero-order chi connectivity index (χ0) is 16.9. The van der Waals surface area contributed by atoms with Gasteiger partial charge in [0.05, 0.1) is 18.5 Å². The summed E-state index contributed by atoms with van der Waals surface area (Å²) in [4.78, 5) is 0. The molecule has 7 heteroatoms. The highest BCUT2D eigenvalue weighted by Gasteiger charge is 2.11. The third-order valence-corrected chi connectivity index (χ3v) is 3.72. The molecular weight excluding hydrogens is 361 g/mol. The molecule has 0 bridgehead atoms. The number of aromatic nitrogens is 2. The van der Waals surface area contributed by atoms with Gasteiger partial charge in [-0.3, -0.25) is 0 Å². The van der Waals surface area contributed by atoms with Crippen molar-refractivity contribution in [2.24, 2.45) is 5.73 Å². The molecule has 3 rings (SSSR count). The summed E-state index contributed by atoms with van der Waals surface area (Å²) in [6.45, 7) is 0.983. The quantitative estimate of drug-likeness (QED) is 0.703. The number of halogens is 2. The first-order valence-corrected chi connectivity index (χ1v) is 7.92. The van der Waals surface area contributed by atoms with E-state index in [1.54, 1.807) is 11.8 Å². The van der Waals surface area contributed by atoms with E-state index in [-0.39, 0.29) is 12.4 Å². The molecule has 0 fully saturated rings. The van der Waals surface area contributed by atoms with Crippen LogP contribution in [0.3, 0.4) is 0 Å². The number of nitrogens with two attached hydrogens (primary N) is 1. The van der Waals surface area contributed by atoms with Crippen LogP contribution in [-0.4, -0.2) is 30.0 Å². The van der Waals surface area contributed by atoms with Gasteiger partial charge in [0, 0.05) is 18.2 Å². The lowest BCUT2D eigenvalue weighted by molar-refractivity contribution is 0.328. The molecule has 1 aromatic heterocycles. The standard InChI is InChI=1S/C18H18ClN3O2.ClH/c1-23-15-8-4-14(5-9-15)22-17(12-18(19)21-22)13-2-6-16(7-3-13)24-11-10-20;/h2-9,12H,10-11,20H2,1H3;1H. The Kier molecular flexibility index (Phi) is 6.70. The number of benzene rings is 2. The Morgan fingerprint density at radius 3 is 2.28 bits per heavy atom. The number of hydrogen-bond donors (Lipinski definition) is 1. The van der Waals surface area contributed by atoms with Crippen LogP contribution in [0.15, 0.2) is 54.6 Å². The third-order valence-electron chi connectivity index (χ3n) is 3.53. The molecule has 1 heterocycles. The lowest BCUT2D eigenvalue weighted by atomic mass is 10.1. The predicted molar refractivity (Wildman–Crippen MR) is 102 cm³/mol. The van der Waals surface area contributed by atoms with Crippen molar-refractivity contribution in [1.29, 1.82) is 0 Å². The van der Waals surface area contributed by atoms with Gasteiger partial charge in [-0.15, -0.1) is 12.4 Å². The minimum absolute atomic E-state index is 0. The van der Waals surface area contributed by atoms with Crippen LogP contribution in [0.2, 0.25) is 5.15 Å². The summed E-state index contributed by atoms with van der Waals surface area (Å²) in [6.07, 6.45) is 0. The molecule has 0 aliphatic carbocycles. The monoisotopic (exact) mass is 379 g/mol. The van der Waals surface area contributed by atoms with Gasteiger partial charge in [-0.1, -0.05) is 11.6 Å². The first-order valence-electron chi connectivity index (χ1n) is 7.54. The normalized spacial score (nSPS) is 10.2. The van der Waals surface area contributed by atoms with E-state index in [9.17, 15) is 0 Å². The van der Waals surface area contributed by atoms with Gasteiger partial charge in [0.2, 0.25) is 0 Å². The summed E-state index contributed by atoms with van der Waals surface area (Å²) in [5.74, 6) is 1.57. The number of hydrogen-bond acceptors (Lipinski definition) is 4. The van der Waals surface area contributed by atoms with E-state index in [4.69, 9.17) is 26.8 Å². The van der Waals surface area contributed by atoms with Gasteiger partial charge in [-0.2, -0.15) is 5.10 Å². The minimum atomic E-state index is 0. The van der Waals surface area contributed by atoms with Crippen LogP contribution in [-0.2, 0) is 0 Å². The smallest absolute Gasteiger partial charge is 0.152 e. The molecule has 0 aliphatic heterocycles. The van der Waals surface area contributed by atoms with Crippen LogP contribution in [0.4, 0.5) is 0 Å². The molecule has 0 saturated carbocycles. The summed E-state index contributed by atoms with van der Waals surface area (Å²) >= 11 is 6.13. The Hall–Kier alpha value is -2.21. The lowest BCUT2D eigenvalue weighted by Crippen LogP contribution is -2.10. The Morgan fingerprint density at radius 1 is 1.04 bits per heavy atom. The molecule has 2 aromatic carbocycles. The van der Waals surface area contributed by atoms with Crippen molar-refractivity contribution in [2.45, 2.75) is 0 Å². The topological polar surface area (TPSA) is 62.3 Å². The second-order valence-electron chi connectivity index (χ2n) is 5.12. The number of nitrogens with zero attached hydrogens (tertiary/aromatic N) is 2. The second-order valence-corrected chi connectivity index (χ2v) is 5.51. The van der Waals surface area contributed by atoms with Crippen LogP contribution >= 0.6 is 24.0 Å². The Balaban J connectivity index is 0.00000225. The van der Waals surface area contributed by atoms with Crippen molar-refractivity contribution in [3.8, 4) is 28.4 Å². The fourth-order valence-electron chi connectivity index (χ4n) is 2.38. The summed E-state index contributed by atoms with van der Waals surface area (Å²) in [7, 11) is 1.64. The largest absolute Gasteiger partial charge is 0.497 e. The molecule has 0 unspecified atom stereocenters. The summed E-state index contributed by atoms with van der Waals surface area (Å²) in [5, 5.41) is 4.81. The van der Waals surface area contributed by atoms with Gasteiger partial charge >= 0.3 is 0 Å². The maximum atomic E-state index is 6.13. The van der Waals surface area contributed by atoms with Gasteiger partial charge in [-0.25, -0.2) is 4.68 Å². The Morgan fingerprint density at radius 2 is 1.68 bits per heavy atom. The molecule has 2 N–H and O–H groups in total. The van der Waals surface area contributed by atoms with E-state index < -0.39 is 0 Å². The molecule has 0 radical (unpaired) electrons. The molecule has 3 aromatic rings. The number of methoxy groups -OCH3 is 1. The first-order chi connectivity index (χ1) is 11.7. The molecule has 0 atom stereocenters. The van der Waals surface area contributed by atoms with Crippen LogP contribution in [0.5, 0.6) is 11.5 Å². The van der Waals surface area contributed by atoms with E-state index in [2.05, 4.69) is 5.10 Å². The zero-order valence-corrected chi connectivity index (χ0v) is 15.3. The van der Waals surface area contributed by atoms with Gasteiger partial charge in [0.1, 0.15) is 18.1 Å². The SMILES string of the molecule is COc1ccc(-n2nc(Cl)cc2-c2ccc(OCCN)cc2)cc1.Cl. The van der Waals surface area contributed by atoms with E-state index in [1.807, 2.05) is 54.6 Å². The Labute approximate surface area is 157 Å². The zero-order valence-electron chi connectivity index (χ0n) is 13.7. The van der Waals surface area contributed by atoms with Crippen LogP contribution in [0, 0.1) is 0 Å². The third kappa shape index (κ3) is 4.45. The Bertz CT molecular complexity index is 802. The molecule has 5 nitrogen and oxygen atoms in total. The molecule has 0 spiro atoms. The maximum Gasteiger partial charge on any atom is 0.152 e. The van der Waals surface area contributed by atoms with Crippen LogP contribution in [0.25, 0.3) is 16.9 Å². The van der Waals surface area contributed by atoms with Crippen molar-refractivity contribution >= 4 is 24.0 Å². The molecule has 132 valence electrons. The van der Waals surface area contributed by atoms with Crippen molar-refractivity contribution in [1.82, 2.24) is 9.78 Å². The molecular formula is C18H19Cl2N3O2. The van der Waals surface area contributed by atoms with Crippen LogP contribution in [0.1, 0.15) is 0 Å². The summed E-state index contributed by atoms with van der Waals surface area (Å²) in [5.41, 5.74) is 8.24. The van der Waals surface area contributed by atoms with Gasteiger partial charge in [0.15, 0.2) is 5.15 Å². The van der Waals surface area contributed by atoms with Crippen molar-refractivity contribution < 1.29 is 9.47 Å². The first kappa shape index (κ1) is 19.1. The van der Waals surface area contributed by atoms with E-state index in [1.165, 1.54) is 0 Å². The van der Waals surface area contributed by atoms with Gasteiger partial charge < -0.3 is 15.2 Å². The summed E-state index contributed by atoms with van der Waals surface area (Å²) < 4.78 is 12.5. The number of rotatable bonds is 6. The highest BCUT2D eigenvalue weighted by molar-refractivity contribution is 6.29. The van der Waals surface area contributed by atoms with Crippen LogP contribution < -0.4 is 15.2 Å². The van der Waals surface area contributed by atoms with Crippen molar-refractivity contribution in [3.63, 3.8) is 0 Å². The fraction of sp³-hybridized carbons (Fsp3) is 0.167. The lowest BCUT2D eigenvalue weighted by Gasteiger charge is -2.09. The predicted octanol–water partition coefficient (Wildman–Crippen LogP) is 3.96. The minimum Gasteiger partial charge on any atom is -0.497 e. The van der Waals surface area contributed by atoms with Crippen molar-refractivity contribution in [3.05, 3.63) is 59.8 Å². The molecule has 0 amide bonds. The maximum absolute atomic E-state index is 6.13. The van der Waals surface area contributed by atoms with Gasteiger partial charge in [-0.05, 0) is 48.5 Å². The number of ether oxygens (including phenoxy) is 2. The van der Waals surface area contributed by atoms with E-state index >= 15 is 0 Å². The van der Waals surface area contributed by atoms with Gasteiger partial charge in [0.25, 0.3) is 0 Å². The average molecular weight is 380 g/mol. The second kappa shape index (κ2) is 8.76. The van der Waals surface area contributed by atoms with E-state index in [0.717, 1.165) is 28.4 Å². The van der Waals surface area contributed by atoms with E-state index in [0.29, 0.717) is 18.3 Å². The van der Waals surface area contributed by atoms with Crippen molar-refractivity contribution in [2.75, 3.05) is 20.3 Å². The summed E-state index contributed by atoms with van der Waals surface area (Å²) in [6, 6.07) is 17.2.